The Bertz CT molecular complexity index is 341. The van der Waals surface area contributed by atoms with Crippen molar-refractivity contribution in [3.63, 3.8) is 0 Å². The molecule has 1 nitrogen and oxygen atoms in total. The second-order valence-corrected chi connectivity index (χ2v) is 6.34. The van der Waals surface area contributed by atoms with Gasteiger partial charge in [-0.05, 0) is 63.8 Å². The summed E-state index contributed by atoms with van der Waals surface area (Å²) in [6.45, 7) is 9.98. The first kappa shape index (κ1) is 14.5. The highest BCUT2D eigenvalue weighted by Gasteiger charge is 2.09. The molecule has 1 atom stereocenters. The molecule has 0 amide bonds. The molecule has 0 aliphatic heterocycles. The zero-order valence-corrected chi connectivity index (χ0v) is 12.1. The van der Waals surface area contributed by atoms with Gasteiger partial charge in [0.05, 0.1) is 0 Å². The van der Waals surface area contributed by atoms with Crippen molar-refractivity contribution in [3.05, 3.63) is 34.9 Å². The number of nitrogens with one attached hydrogen (secondary N) is 1. The largest absolute Gasteiger partial charge is 0.312 e. The van der Waals surface area contributed by atoms with Crippen LogP contribution in [-0.2, 0) is 6.42 Å². The molecule has 0 fully saturated rings. The minimum atomic E-state index is 0.218. The van der Waals surface area contributed by atoms with Gasteiger partial charge in [-0.25, -0.2) is 0 Å². The Labute approximate surface area is 111 Å². The summed E-state index contributed by atoms with van der Waals surface area (Å²) in [7, 11) is 0. The molecule has 1 N–H and O–H groups in total. The Kier molecular flexibility index (Phi) is 5.48. The van der Waals surface area contributed by atoms with Gasteiger partial charge in [-0.1, -0.05) is 30.7 Å². The van der Waals surface area contributed by atoms with Gasteiger partial charge in [0, 0.05) is 10.6 Å². The van der Waals surface area contributed by atoms with E-state index in [0.717, 1.165) is 18.0 Å². The monoisotopic (exact) mass is 253 g/mol. The zero-order valence-electron chi connectivity index (χ0n) is 11.4. The smallest absolute Gasteiger partial charge is 0.0408 e. The molecule has 17 heavy (non-hydrogen) atoms. The first-order chi connectivity index (χ1) is 7.87. The average molecular weight is 254 g/mol. The number of rotatable bonds is 5. The van der Waals surface area contributed by atoms with Gasteiger partial charge >= 0.3 is 0 Å². The van der Waals surface area contributed by atoms with Crippen molar-refractivity contribution >= 4 is 11.6 Å². The third kappa shape index (κ3) is 6.70. The van der Waals surface area contributed by atoms with Gasteiger partial charge in [-0.15, -0.1) is 0 Å². The molecule has 0 radical (unpaired) electrons. The second kappa shape index (κ2) is 6.42. The van der Waals surface area contributed by atoms with Crippen LogP contribution < -0.4 is 5.32 Å². The van der Waals surface area contributed by atoms with Crippen LogP contribution in [0.1, 0.15) is 39.7 Å². The highest BCUT2D eigenvalue weighted by Crippen LogP contribution is 2.16. The average Bonchev–Trinajstić information content (AvgIpc) is 2.15. The first-order valence-corrected chi connectivity index (χ1v) is 6.74. The number of hydrogen-bond acceptors (Lipinski definition) is 1. The van der Waals surface area contributed by atoms with Crippen molar-refractivity contribution in [2.75, 3.05) is 6.54 Å². The van der Waals surface area contributed by atoms with Crippen LogP contribution in [0.4, 0.5) is 0 Å². The molecule has 0 saturated carbocycles. The molecular weight excluding hydrogens is 230 g/mol. The van der Waals surface area contributed by atoms with Crippen molar-refractivity contribution in [3.8, 4) is 0 Å². The summed E-state index contributed by atoms with van der Waals surface area (Å²) in [4.78, 5) is 0. The number of halogens is 1. The molecule has 2 heteroatoms. The maximum Gasteiger partial charge on any atom is 0.0408 e. The van der Waals surface area contributed by atoms with Gasteiger partial charge in [0.15, 0.2) is 0 Å². The van der Waals surface area contributed by atoms with Crippen LogP contribution in [0.5, 0.6) is 0 Å². The van der Waals surface area contributed by atoms with Gasteiger partial charge in [0.1, 0.15) is 0 Å². The maximum absolute atomic E-state index is 5.98. The molecule has 0 aromatic heterocycles. The van der Waals surface area contributed by atoms with Crippen LogP contribution in [-0.4, -0.2) is 12.1 Å². The van der Waals surface area contributed by atoms with Crippen LogP contribution >= 0.6 is 11.6 Å². The van der Waals surface area contributed by atoms with E-state index in [-0.39, 0.29) is 5.54 Å². The van der Waals surface area contributed by atoms with E-state index in [2.05, 4.69) is 45.1 Å². The van der Waals surface area contributed by atoms with Crippen LogP contribution in [0.15, 0.2) is 24.3 Å². The summed E-state index contributed by atoms with van der Waals surface area (Å²) in [5, 5.41) is 4.36. The maximum atomic E-state index is 5.98. The predicted octanol–water partition coefficient (Wildman–Crippen LogP) is 4.30. The molecule has 0 spiro atoms. The Morgan fingerprint density at radius 1 is 1.29 bits per heavy atom. The standard InChI is InChI=1S/C15H24ClN/c1-12(8-9-17-15(2,3)4)10-13-6-5-7-14(16)11-13/h5-7,11-12,17H,8-10H2,1-4H3. The summed E-state index contributed by atoms with van der Waals surface area (Å²) in [5.41, 5.74) is 1.55. The highest BCUT2D eigenvalue weighted by molar-refractivity contribution is 6.30. The SMILES string of the molecule is CC(CCNC(C)(C)C)Cc1cccc(Cl)c1. The van der Waals surface area contributed by atoms with Gasteiger partial charge in [0.25, 0.3) is 0 Å². The van der Waals surface area contributed by atoms with Crippen LogP contribution in [0.3, 0.4) is 0 Å². The fraction of sp³-hybridized carbons (Fsp3) is 0.600. The first-order valence-electron chi connectivity index (χ1n) is 6.36. The van der Waals surface area contributed by atoms with E-state index in [1.54, 1.807) is 0 Å². The highest BCUT2D eigenvalue weighted by atomic mass is 35.5. The topological polar surface area (TPSA) is 12.0 Å². The van der Waals surface area contributed by atoms with E-state index in [0.29, 0.717) is 5.92 Å². The molecule has 0 saturated heterocycles. The second-order valence-electron chi connectivity index (χ2n) is 5.90. The summed E-state index contributed by atoms with van der Waals surface area (Å²) >= 11 is 5.98. The van der Waals surface area contributed by atoms with Crippen molar-refractivity contribution < 1.29 is 0 Å². The fourth-order valence-corrected chi connectivity index (χ4v) is 2.07. The molecular formula is C15H24ClN. The van der Waals surface area contributed by atoms with Crippen molar-refractivity contribution in [2.24, 2.45) is 5.92 Å². The molecule has 0 bridgehead atoms. The Balaban J connectivity index is 2.32. The summed E-state index contributed by atoms with van der Waals surface area (Å²) in [6.07, 6.45) is 2.30. The molecule has 1 unspecified atom stereocenters. The zero-order chi connectivity index (χ0) is 12.9. The molecule has 0 heterocycles. The molecule has 0 aliphatic carbocycles. The van der Waals surface area contributed by atoms with E-state index in [1.165, 1.54) is 12.0 Å². The van der Waals surface area contributed by atoms with Crippen LogP contribution in [0, 0.1) is 5.92 Å². The van der Waals surface area contributed by atoms with Crippen molar-refractivity contribution in [2.45, 2.75) is 46.1 Å². The van der Waals surface area contributed by atoms with Gasteiger partial charge < -0.3 is 5.32 Å². The number of benzene rings is 1. The minimum Gasteiger partial charge on any atom is -0.312 e. The fourth-order valence-electron chi connectivity index (χ4n) is 1.86. The lowest BCUT2D eigenvalue weighted by atomic mass is 9.97. The third-order valence-electron chi connectivity index (χ3n) is 2.77. The minimum absolute atomic E-state index is 0.218. The summed E-state index contributed by atoms with van der Waals surface area (Å²) < 4.78 is 0. The molecule has 1 aromatic rings. The Morgan fingerprint density at radius 2 is 2.00 bits per heavy atom. The quantitative estimate of drug-likeness (QED) is 0.825. The van der Waals surface area contributed by atoms with Gasteiger partial charge in [-0.2, -0.15) is 0 Å². The Morgan fingerprint density at radius 3 is 2.59 bits per heavy atom. The van der Waals surface area contributed by atoms with E-state index in [9.17, 15) is 0 Å². The van der Waals surface area contributed by atoms with Crippen LogP contribution in [0.2, 0.25) is 5.02 Å². The summed E-state index contributed by atoms with van der Waals surface area (Å²) in [5.74, 6) is 0.684. The van der Waals surface area contributed by atoms with E-state index in [1.807, 2.05) is 12.1 Å². The molecule has 0 aliphatic rings. The molecule has 1 aromatic carbocycles. The normalized spacial score (nSPS) is 13.7. The summed E-state index contributed by atoms with van der Waals surface area (Å²) in [6, 6.07) is 8.17. The lowest BCUT2D eigenvalue weighted by molar-refractivity contribution is 0.394. The van der Waals surface area contributed by atoms with Crippen LogP contribution in [0.25, 0.3) is 0 Å². The van der Waals surface area contributed by atoms with Gasteiger partial charge in [0.2, 0.25) is 0 Å². The predicted molar refractivity (Wildman–Crippen MR) is 76.7 cm³/mol. The van der Waals surface area contributed by atoms with E-state index in [4.69, 9.17) is 11.6 Å². The third-order valence-corrected chi connectivity index (χ3v) is 3.00. The van der Waals surface area contributed by atoms with E-state index >= 15 is 0 Å². The van der Waals surface area contributed by atoms with Gasteiger partial charge in [-0.3, -0.25) is 0 Å². The van der Waals surface area contributed by atoms with E-state index < -0.39 is 0 Å². The number of hydrogen-bond donors (Lipinski definition) is 1. The lowest BCUT2D eigenvalue weighted by Crippen LogP contribution is -2.37. The van der Waals surface area contributed by atoms with Crippen molar-refractivity contribution in [1.82, 2.24) is 5.32 Å². The lowest BCUT2D eigenvalue weighted by Gasteiger charge is -2.22. The molecule has 1 rings (SSSR count). The van der Waals surface area contributed by atoms with Crippen molar-refractivity contribution in [1.29, 1.82) is 0 Å². The Hall–Kier alpha value is -0.530. The molecule has 96 valence electrons.